The summed E-state index contributed by atoms with van der Waals surface area (Å²) < 4.78 is 20.1. The number of fused-ring (bicyclic) bond motifs is 2. The lowest BCUT2D eigenvalue weighted by molar-refractivity contribution is -0.136. The highest BCUT2D eigenvalue weighted by molar-refractivity contribution is 5.79. The van der Waals surface area contributed by atoms with Crippen LogP contribution in [0.1, 0.15) is 178 Å². The molecule has 17 atom stereocenters. The number of carbonyl (C=O) groups is 1. The Balaban J connectivity index is 0.657. The van der Waals surface area contributed by atoms with Crippen molar-refractivity contribution in [2.45, 2.75) is 238 Å². The molecule has 8 heterocycles. The van der Waals surface area contributed by atoms with Gasteiger partial charge in [0, 0.05) is 127 Å². The Bertz CT molecular complexity index is 2010. The summed E-state index contributed by atoms with van der Waals surface area (Å²) in [5.74, 6) is 5.44. The molecule has 10 fully saturated rings. The van der Waals surface area contributed by atoms with Crippen LogP contribution in [-0.4, -0.2) is 227 Å². The molecule has 14 nitrogen and oxygen atoms in total. The Morgan fingerprint density at radius 2 is 1.39 bits per heavy atom. The number of likely N-dealkylation sites (tertiary alicyclic amines) is 3. The maximum Gasteiger partial charge on any atom is 0.237 e. The zero-order valence-corrected chi connectivity index (χ0v) is 54.7. The summed E-state index contributed by atoms with van der Waals surface area (Å²) in [5.41, 5.74) is 1.73. The van der Waals surface area contributed by atoms with E-state index in [0.29, 0.717) is 73.2 Å². The number of hydrogen-bond acceptors (Lipinski definition) is 13. The summed E-state index contributed by atoms with van der Waals surface area (Å²) in [6, 6.07) is 3.12. The Kier molecular flexibility index (Phi) is 23.3. The van der Waals surface area contributed by atoms with E-state index in [1.807, 2.05) is 0 Å². The summed E-state index contributed by atoms with van der Waals surface area (Å²) in [5, 5.41) is 15.4. The zero-order valence-electron chi connectivity index (χ0n) is 54.7. The van der Waals surface area contributed by atoms with Crippen LogP contribution in [0.2, 0.25) is 0 Å². The van der Waals surface area contributed by atoms with Crippen LogP contribution in [0.5, 0.6) is 0 Å². The molecular formula is C69H126N10O4. The van der Waals surface area contributed by atoms with Crippen molar-refractivity contribution in [2.24, 2.45) is 52.3 Å². The fraction of sp³-hybridized carbons (Fsp3) is 0.957. The molecule has 0 spiro atoms. The highest BCUT2D eigenvalue weighted by atomic mass is 16.5. The lowest BCUT2D eigenvalue weighted by Gasteiger charge is -2.45. The molecule has 10 rings (SSSR count). The van der Waals surface area contributed by atoms with E-state index >= 15 is 0 Å². The highest BCUT2D eigenvalue weighted by Crippen LogP contribution is 2.53. The lowest BCUT2D eigenvalue weighted by atomic mass is 9.61. The minimum absolute atomic E-state index is 0.102. The van der Waals surface area contributed by atoms with Gasteiger partial charge in [-0.2, -0.15) is 0 Å². The standard InChI is InChI=1S/C69H126N10O4/c1-11-14-18-52(12-2)27-55-29-57(13-3)66-63(30-55)79(47-68(66,7)8)65(80)44-77-38-50(5)72-36-59(77)41-74-24-17-20-54(40-74)45-82-60-21-15-22-61(32-60)83-46-62-43-75(25-26-81-62)42-58-35-71-49(4)37-76(58)39-51(6)78-48-69(9,10)67-64(78)31-56(34-73-67)28-53-19-16-23-70-33-53/h49-50,52-64,66-67,70-73H,6,11-48H2,1-5,7-10H3/t49-,50-,52?,53?,54+,55?,56?,57?,58?,59?,60?,61?,62+,63?,64?,66?,67?/m1/s1. The fourth-order valence-electron chi connectivity index (χ4n) is 19.2. The second-order valence-corrected chi connectivity index (χ2v) is 31.3. The molecule has 13 unspecified atom stereocenters. The van der Waals surface area contributed by atoms with E-state index in [1.54, 1.807) is 0 Å². The topological polar surface area (TPSA) is 112 Å². The number of amides is 1. The van der Waals surface area contributed by atoms with Crippen LogP contribution in [0.3, 0.4) is 0 Å². The third kappa shape index (κ3) is 16.9. The van der Waals surface area contributed by atoms with Gasteiger partial charge in [0.25, 0.3) is 0 Å². The summed E-state index contributed by atoms with van der Waals surface area (Å²) in [4.78, 5) is 30.7. The van der Waals surface area contributed by atoms with Crippen molar-refractivity contribution in [1.82, 2.24) is 50.7 Å². The van der Waals surface area contributed by atoms with Crippen LogP contribution in [-0.2, 0) is 19.0 Å². The molecule has 10 aliphatic rings. The average molecular weight is 1160 g/mol. The number of unbranched alkanes of at least 4 members (excludes halogenated alkanes) is 1. The van der Waals surface area contributed by atoms with Crippen LogP contribution >= 0.6 is 0 Å². The molecule has 476 valence electrons. The monoisotopic (exact) mass is 1160 g/mol. The minimum atomic E-state index is 0.102. The first-order valence-electron chi connectivity index (χ1n) is 35.5. The maximum atomic E-state index is 14.8. The predicted octanol–water partition coefficient (Wildman–Crippen LogP) is 8.56. The van der Waals surface area contributed by atoms with Gasteiger partial charge in [-0.25, -0.2) is 0 Å². The fourth-order valence-corrected chi connectivity index (χ4v) is 19.2. The number of hydrogen-bond donors (Lipinski definition) is 4. The molecule has 0 aromatic carbocycles. The smallest absolute Gasteiger partial charge is 0.237 e. The van der Waals surface area contributed by atoms with Gasteiger partial charge in [-0.1, -0.05) is 87.1 Å². The van der Waals surface area contributed by atoms with Crippen molar-refractivity contribution in [3.05, 3.63) is 12.3 Å². The summed E-state index contributed by atoms with van der Waals surface area (Å²) >= 11 is 0. The van der Waals surface area contributed by atoms with E-state index in [1.165, 1.54) is 122 Å². The zero-order chi connectivity index (χ0) is 58.3. The number of piperazine rings is 2. The molecule has 1 amide bonds. The van der Waals surface area contributed by atoms with Crippen molar-refractivity contribution < 1.29 is 19.0 Å². The predicted molar refractivity (Wildman–Crippen MR) is 340 cm³/mol. The van der Waals surface area contributed by atoms with Crippen LogP contribution in [0, 0.1) is 52.3 Å². The van der Waals surface area contributed by atoms with Gasteiger partial charge in [0.05, 0.1) is 44.7 Å². The quantitative estimate of drug-likeness (QED) is 0.0742. The molecule has 2 aliphatic carbocycles. The van der Waals surface area contributed by atoms with E-state index in [2.05, 4.69) is 113 Å². The van der Waals surface area contributed by atoms with E-state index < -0.39 is 0 Å². The normalized spacial score (nSPS) is 38.9. The molecule has 14 heteroatoms. The first kappa shape index (κ1) is 64.6. The summed E-state index contributed by atoms with van der Waals surface area (Å²) in [6.45, 7) is 46.2. The third-order valence-electron chi connectivity index (χ3n) is 23.6. The molecule has 0 bridgehead atoms. The molecular weight excluding hydrogens is 1030 g/mol. The van der Waals surface area contributed by atoms with Gasteiger partial charge in [0.2, 0.25) is 5.91 Å². The molecule has 8 aliphatic heterocycles. The number of nitrogens with one attached hydrogen (secondary N) is 4. The van der Waals surface area contributed by atoms with Crippen molar-refractivity contribution in [3.63, 3.8) is 0 Å². The van der Waals surface area contributed by atoms with E-state index in [0.717, 1.165) is 147 Å². The first-order valence-corrected chi connectivity index (χ1v) is 35.5. The van der Waals surface area contributed by atoms with Gasteiger partial charge in [-0.05, 0) is 176 Å². The Morgan fingerprint density at radius 1 is 0.687 bits per heavy atom. The Labute approximate surface area is 507 Å². The molecule has 2 saturated carbocycles. The van der Waals surface area contributed by atoms with E-state index in [-0.39, 0.29) is 29.1 Å². The summed E-state index contributed by atoms with van der Waals surface area (Å²) in [6.07, 6.45) is 23.3. The Hall–Kier alpha value is -1.43. The van der Waals surface area contributed by atoms with E-state index in [4.69, 9.17) is 20.8 Å². The second kappa shape index (κ2) is 29.9. The SMILES string of the molecule is C=C(CN1C[C@@H](C)NCC1CN1CCO[C@H](COC2CCCC(OC[C@H]3CCCN(CC4CN[C@H](C)CN4CC(=O)N4CC(C)(C)C5C(CC)CC(CC(CC)CCCC)CC54)C3)C2)C1)N1CC(C)(C)C2NCC(CC3CCCNC3)CC21. The minimum Gasteiger partial charge on any atom is -0.378 e. The van der Waals surface area contributed by atoms with Crippen LogP contribution in [0.4, 0.5) is 0 Å². The van der Waals surface area contributed by atoms with Gasteiger partial charge in [-0.3, -0.25) is 19.5 Å². The number of morpholine rings is 1. The van der Waals surface area contributed by atoms with Gasteiger partial charge < -0.3 is 50.2 Å². The largest absolute Gasteiger partial charge is 0.378 e. The van der Waals surface area contributed by atoms with Crippen molar-refractivity contribution >= 4 is 5.91 Å². The number of carbonyl (C=O) groups excluding carboxylic acids is 1. The number of nitrogens with zero attached hydrogens (tertiary/aromatic N) is 6. The molecule has 4 N–H and O–H groups in total. The summed E-state index contributed by atoms with van der Waals surface area (Å²) in [7, 11) is 0. The average Bonchev–Trinajstić information content (AvgIpc) is 2.03. The van der Waals surface area contributed by atoms with Crippen LogP contribution < -0.4 is 21.3 Å². The molecule has 83 heavy (non-hydrogen) atoms. The highest BCUT2D eigenvalue weighted by Gasteiger charge is 2.55. The molecule has 0 aromatic rings. The molecule has 8 saturated heterocycles. The van der Waals surface area contributed by atoms with Crippen molar-refractivity contribution in [3.8, 4) is 0 Å². The number of rotatable bonds is 24. The van der Waals surface area contributed by atoms with Gasteiger partial charge in [0.15, 0.2) is 0 Å². The first-order chi connectivity index (χ1) is 40.0. The molecule has 0 aromatic heterocycles. The number of piperidine rings is 3. The molecule has 0 radical (unpaired) electrons. The Morgan fingerprint density at radius 3 is 2.10 bits per heavy atom. The van der Waals surface area contributed by atoms with Crippen LogP contribution in [0.15, 0.2) is 12.3 Å². The third-order valence-corrected chi connectivity index (χ3v) is 23.6. The van der Waals surface area contributed by atoms with Crippen molar-refractivity contribution in [1.29, 1.82) is 0 Å². The van der Waals surface area contributed by atoms with Crippen LogP contribution in [0.25, 0.3) is 0 Å². The number of ether oxygens (including phenoxy) is 3. The lowest BCUT2D eigenvalue weighted by Crippen LogP contribution is -2.61. The van der Waals surface area contributed by atoms with Gasteiger partial charge >= 0.3 is 0 Å². The van der Waals surface area contributed by atoms with Crippen molar-refractivity contribution in [2.75, 3.05) is 131 Å². The van der Waals surface area contributed by atoms with Gasteiger partial charge in [0.1, 0.15) is 0 Å². The van der Waals surface area contributed by atoms with Gasteiger partial charge in [-0.15, -0.1) is 0 Å². The second-order valence-electron chi connectivity index (χ2n) is 31.3. The maximum absolute atomic E-state index is 14.8. The van der Waals surface area contributed by atoms with E-state index in [9.17, 15) is 4.79 Å².